The van der Waals surface area contributed by atoms with Gasteiger partial charge in [0.15, 0.2) is 0 Å². The van der Waals surface area contributed by atoms with E-state index in [0.717, 1.165) is 12.8 Å². The minimum absolute atomic E-state index is 0.0659. The van der Waals surface area contributed by atoms with Gasteiger partial charge in [0.1, 0.15) is 18.2 Å². The lowest BCUT2D eigenvalue weighted by Gasteiger charge is -2.34. The van der Waals surface area contributed by atoms with Crippen LogP contribution < -0.4 is 10.1 Å². The van der Waals surface area contributed by atoms with Gasteiger partial charge in [-0.15, -0.1) is 0 Å². The zero-order valence-corrected chi connectivity index (χ0v) is 12.6. The molecule has 1 N–H and O–H groups in total. The number of ether oxygens (including phenoxy) is 1. The van der Waals surface area contributed by atoms with E-state index >= 15 is 0 Å². The number of nitrogens with one attached hydrogen (secondary N) is 1. The summed E-state index contributed by atoms with van der Waals surface area (Å²) >= 11 is 0. The van der Waals surface area contributed by atoms with E-state index in [1.807, 2.05) is 6.07 Å². The topological polar surface area (TPSA) is 108 Å². The van der Waals surface area contributed by atoms with E-state index in [0.29, 0.717) is 25.9 Å². The molecule has 2 aliphatic heterocycles. The molecule has 1 aromatic heterocycles. The minimum Gasteiger partial charge on any atom is -0.470 e. The maximum atomic E-state index is 12.4. The van der Waals surface area contributed by atoms with Gasteiger partial charge < -0.3 is 15.0 Å². The summed E-state index contributed by atoms with van der Waals surface area (Å²) in [7, 11) is 0. The lowest BCUT2D eigenvalue weighted by molar-refractivity contribution is -0.136. The molecule has 0 radical (unpaired) electrons. The van der Waals surface area contributed by atoms with Crippen molar-refractivity contribution in [3.63, 3.8) is 0 Å². The third-order valence-electron chi connectivity index (χ3n) is 4.03. The fourth-order valence-corrected chi connectivity index (χ4v) is 2.90. The van der Waals surface area contributed by atoms with Crippen molar-refractivity contribution in [1.29, 1.82) is 5.26 Å². The molecule has 0 aliphatic carbocycles. The lowest BCUT2D eigenvalue weighted by atomic mass is 10.1. The van der Waals surface area contributed by atoms with Crippen LogP contribution in [0.1, 0.15) is 31.4 Å². The molecule has 0 saturated carbocycles. The number of hydrogen-bond donors (Lipinski definition) is 1. The largest absolute Gasteiger partial charge is 0.470 e. The standard InChI is InChI=1S/C15H17N5O3/c16-8-12-14(18-6-5-17-12)23-10-2-1-7-20(9-10)15(22)11-3-4-13(21)19-11/h5-6,10-11H,1-4,7,9H2,(H,19,21)/t10-,11-/m1/s1. The van der Waals surface area contributed by atoms with Crippen molar-refractivity contribution >= 4 is 11.8 Å². The summed E-state index contributed by atoms with van der Waals surface area (Å²) in [5, 5.41) is 11.7. The molecule has 2 aliphatic rings. The monoisotopic (exact) mass is 315 g/mol. The van der Waals surface area contributed by atoms with Crippen molar-refractivity contribution in [2.24, 2.45) is 0 Å². The van der Waals surface area contributed by atoms with Gasteiger partial charge >= 0.3 is 0 Å². The summed E-state index contributed by atoms with van der Waals surface area (Å²) < 4.78 is 5.76. The lowest BCUT2D eigenvalue weighted by Crippen LogP contribution is -2.50. The Kier molecular flexibility index (Phi) is 4.37. The number of piperidine rings is 1. The highest BCUT2D eigenvalue weighted by Gasteiger charge is 2.33. The van der Waals surface area contributed by atoms with Crippen LogP contribution in [0.4, 0.5) is 0 Å². The fourth-order valence-electron chi connectivity index (χ4n) is 2.90. The molecule has 0 unspecified atom stereocenters. The highest BCUT2D eigenvalue weighted by Crippen LogP contribution is 2.20. The number of carbonyl (C=O) groups excluding carboxylic acids is 2. The zero-order valence-electron chi connectivity index (χ0n) is 12.6. The summed E-state index contributed by atoms with van der Waals surface area (Å²) in [5.74, 6) is 0.0543. The van der Waals surface area contributed by atoms with Crippen LogP contribution in [0.5, 0.6) is 5.88 Å². The van der Waals surface area contributed by atoms with E-state index in [2.05, 4.69) is 15.3 Å². The average molecular weight is 315 g/mol. The van der Waals surface area contributed by atoms with E-state index in [9.17, 15) is 9.59 Å². The van der Waals surface area contributed by atoms with Crippen molar-refractivity contribution in [1.82, 2.24) is 20.2 Å². The molecule has 2 amide bonds. The predicted molar refractivity (Wildman–Crippen MR) is 78.1 cm³/mol. The van der Waals surface area contributed by atoms with Gasteiger partial charge in [0.25, 0.3) is 5.88 Å². The van der Waals surface area contributed by atoms with Gasteiger partial charge in [-0.05, 0) is 19.3 Å². The Bertz CT molecular complexity index is 657. The van der Waals surface area contributed by atoms with Crippen LogP contribution in [0.15, 0.2) is 12.4 Å². The predicted octanol–water partition coefficient (Wildman–Crippen LogP) is -0.00332. The Morgan fingerprint density at radius 2 is 2.22 bits per heavy atom. The molecule has 8 heteroatoms. The van der Waals surface area contributed by atoms with Crippen LogP contribution in [0, 0.1) is 11.3 Å². The van der Waals surface area contributed by atoms with E-state index in [4.69, 9.17) is 10.00 Å². The fraction of sp³-hybridized carbons (Fsp3) is 0.533. The second kappa shape index (κ2) is 6.60. The molecule has 0 bridgehead atoms. The first-order valence-electron chi connectivity index (χ1n) is 7.63. The Hall–Kier alpha value is -2.69. The molecular formula is C15H17N5O3. The van der Waals surface area contributed by atoms with E-state index in [1.165, 1.54) is 12.4 Å². The molecule has 0 spiro atoms. The van der Waals surface area contributed by atoms with Gasteiger partial charge in [0.2, 0.25) is 17.5 Å². The van der Waals surface area contributed by atoms with E-state index in [1.54, 1.807) is 4.90 Å². The van der Waals surface area contributed by atoms with E-state index < -0.39 is 6.04 Å². The maximum Gasteiger partial charge on any atom is 0.251 e. The van der Waals surface area contributed by atoms with Crippen LogP contribution in [-0.2, 0) is 9.59 Å². The third kappa shape index (κ3) is 3.39. The Labute approximate surface area is 133 Å². The van der Waals surface area contributed by atoms with Gasteiger partial charge in [-0.1, -0.05) is 0 Å². The summed E-state index contributed by atoms with van der Waals surface area (Å²) in [6, 6.07) is 1.52. The minimum atomic E-state index is -0.424. The molecule has 0 aromatic carbocycles. The number of likely N-dealkylation sites (tertiary alicyclic amines) is 1. The number of aromatic nitrogens is 2. The highest BCUT2D eigenvalue weighted by molar-refractivity contribution is 5.90. The molecule has 3 rings (SSSR count). The number of carbonyl (C=O) groups is 2. The van der Waals surface area contributed by atoms with Crippen LogP contribution in [0.3, 0.4) is 0 Å². The summed E-state index contributed by atoms with van der Waals surface area (Å²) in [6.07, 6.45) is 5.20. The first-order valence-corrected chi connectivity index (χ1v) is 7.63. The Morgan fingerprint density at radius 1 is 1.39 bits per heavy atom. The number of nitriles is 1. The van der Waals surface area contributed by atoms with Gasteiger partial charge in [0.05, 0.1) is 6.54 Å². The molecule has 2 saturated heterocycles. The second-order valence-corrected chi connectivity index (χ2v) is 5.65. The first-order chi connectivity index (χ1) is 11.2. The van der Waals surface area contributed by atoms with Gasteiger partial charge in [0, 0.05) is 25.4 Å². The normalized spacial score (nSPS) is 24.0. The second-order valence-electron chi connectivity index (χ2n) is 5.65. The molecule has 23 heavy (non-hydrogen) atoms. The third-order valence-corrected chi connectivity index (χ3v) is 4.03. The quantitative estimate of drug-likeness (QED) is 0.841. The van der Waals surface area contributed by atoms with Gasteiger partial charge in [-0.2, -0.15) is 5.26 Å². The van der Waals surface area contributed by atoms with Crippen molar-refractivity contribution in [2.45, 2.75) is 37.8 Å². The number of hydrogen-bond acceptors (Lipinski definition) is 6. The zero-order chi connectivity index (χ0) is 16.2. The maximum absolute atomic E-state index is 12.4. The van der Waals surface area contributed by atoms with E-state index in [-0.39, 0.29) is 29.5 Å². The van der Waals surface area contributed by atoms with Gasteiger partial charge in [-0.25, -0.2) is 9.97 Å². The molecular weight excluding hydrogens is 298 g/mol. The first kappa shape index (κ1) is 15.2. The molecule has 3 heterocycles. The summed E-state index contributed by atoms with van der Waals surface area (Å²) in [6.45, 7) is 1.07. The molecule has 1 aromatic rings. The Balaban J connectivity index is 1.63. The number of nitrogens with zero attached hydrogens (tertiary/aromatic N) is 4. The number of amides is 2. The SMILES string of the molecule is N#Cc1nccnc1O[C@@H]1CCCN(C(=O)[C@H]2CCC(=O)N2)C1. The van der Waals surface area contributed by atoms with Crippen molar-refractivity contribution in [3.8, 4) is 11.9 Å². The highest BCUT2D eigenvalue weighted by atomic mass is 16.5. The summed E-state index contributed by atoms with van der Waals surface area (Å²) in [4.78, 5) is 33.4. The smallest absolute Gasteiger partial charge is 0.251 e. The van der Waals surface area contributed by atoms with Crippen molar-refractivity contribution in [2.75, 3.05) is 13.1 Å². The van der Waals surface area contributed by atoms with Gasteiger partial charge in [-0.3, -0.25) is 9.59 Å². The Morgan fingerprint density at radius 3 is 2.96 bits per heavy atom. The molecule has 120 valence electrons. The molecule has 2 fully saturated rings. The number of rotatable bonds is 3. The summed E-state index contributed by atoms with van der Waals surface area (Å²) in [5.41, 5.74) is 0.138. The van der Waals surface area contributed by atoms with Crippen molar-refractivity contribution in [3.05, 3.63) is 18.1 Å². The van der Waals surface area contributed by atoms with Crippen LogP contribution in [0.25, 0.3) is 0 Å². The average Bonchev–Trinajstić information content (AvgIpc) is 3.01. The molecule has 2 atom stereocenters. The molecule has 8 nitrogen and oxygen atoms in total. The van der Waals surface area contributed by atoms with Crippen LogP contribution in [0.2, 0.25) is 0 Å². The van der Waals surface area contributed by atoms with Crippen molar-refractivity contribution < 1.29 is 14.3 Å². The van der Waals surface area contributed by atoms with Crippen LogP contribution in [-0.4, -0.2) is 51.9 Å². The van der Waals surface area contributed by atoms with Crippen LogP contribution >= 0.6 is 0 Å².